The van der Waals surface area contributed by atoms with E-state index in [0.29, 0.717) is 6.54 Å². The summed E-state index contributed by atoms with van der Waals surface area (Å²) < 4.78 is 47.3. The molecule has 1 aromatic rings. The Morgan fingerprint density at radius 1 is 1.17 bits per heavy atom. The van der Waals surface area contributed by atoms with Crippen molar-refractivity contribution in [3.63, 3.8) is 0 Å². The molecule has 2 fully saturated rings. The van der Waals surface area contributed by atoms with Crippen molar-refractivity contribution in [3.05, 3.63) is 24.3 Å². The number of nitrogens with zero attached hydrogens (tertiary/aromatic N) is 2. The zero-order chi connectivity index (χ0) is 20.7. The molecular weight excluding hydrogens is 512 g/mol. The predicted octanol–water partition coefficient (Wildman–Crippen LogP) is 4.21. The Morgan fingerprint density at radius 2 is 1.83 bits per heavy atom. The highest BCUT2D eigenvalue weighted by Crippen LogP contribution is 2.38. The first kappa shape index (κ1) is 25.0. The van der Waals surface area contributed by atoms with Gasteiger partial charge in [-0.1, -0.05) is 31.4 Å². The Hall–Kier alpha value is -1.27. The average Bonchev–Trinajstić information content (AvgIpc) is 2.68. The molecular formula is C20H30F3IN4O2. The molecule has 1 aliphatic heterocycles. The van der Waals surface area contributed by atoms with E-state index in [1.54, 1.807) is 6.07 Å². The van der Waals surface area contributed by atoms with Crippen LogP contribution in [-0.2, 0) is 4.74 Å². The van der Waals surface area contributed by atoms with Crippen molar-refractivity contribution in [1.82, 2.24) is 4.90 Å². The lowest BCUT2D eigenvalue weighted by Gasteiger charge is -2.41. The Morgan fingerprint density at radius 3 is 2.50 bits per heavy atom. The first-order valence-electron chi connectivity index (χ1n) is 10.1. The maximum absolute atomic E-state index is 12.6. The molecule has 0 spiro atoms. The molecule has 0 amide bonds. The van der Waals surface area contributed by atoms with Gasteiger partial charge in [-0.15, -0.1) is 37.1 Å². The van der Waals surface area contributed by atoms with Gasteiger partial charge in [0.2, 0.25) is 0 Å². The van der Waals surface area contributed by atoms with Crippen LogP contribution in [0.25, 0.3) is 0 Å². The van der Waals surface area contributed by atoms with E-state index in [-0.39, 0.29) is 46.8 Å². The van der Waals surface area contributed by atoms with Gasteiger partial charge < -0.3 is 20.5 Å². The number of halogens is 4. The molecule has 1 saturated heterocycles. The van der Waals surface area contributed by atoms with Gasteiger partial charge in [-0.25, -0.2) is 0 Å². The Balaban J connectivity index is 0.00000320. The molecule has 6 nitrogen and oxygen atoms in total. The fourth-order valence-electron chi connectivity index (χ4n) is 4.12. The monoisotopic (exact) mass is 542 g/mol. The van der Waals surface area contributed by atoms with E-state index in [0.717, 1.165) is 58.5 Å². The van der Waals surface area contributed by atoms with Gasteiger partial charge in [0, 0.05) is 31.6 Å². The highest BCUT2D eigenvalue weighted by Gasteiger charge is 2.35. The highest BCUT2D eigenvalue weighted by atomic mass is 127. The van der Waals surface area contributed by atoms with Crippen LogP contribution < -0.4 is 15.8 Å². The number of hydrogen-bond donors (Lipinski definition) is 2. The molecule has 1 saturated carbocycles. The van der Waals surface area contributed by atoms with Gasteiger partial charge >= 0.3 is 6.36 Å². The van der Waals surface area contributed by atoms with Crippen LogP contribution in [-0.4, -0.2) is 56.6 Å². The molecule has 1 heterocycles. The van der Waals surface area contributed by atoms with Gasteiger partial charge in [-0.2, -0.15) is 0 Å². The van der Waals surface area contributed by atoms with E-state index < -0.39 is 6.36 Å². The number of alkyl halides is 3. The molecule has 0 unspecified atom stereocenters. The van der Waals surface area contributed by atoms with Crippen LogP contribution in [0, 0.1) is 5.41 Å². The summed E-state index contributed by atoms with van der Waals surface area (Å²) in [4.78, 5) is 6.92. The number of nitrogens with two attached hydrogens (primary N) is 1. The highest BCUT2D eigenvalue weighted by molar-refractivity contribution is 14.0. The average molecular weight is 542 g/mol. The van der Waals surface area contributed by atoms with Crippen molar-refractivity contribution in [1.29, 1.82) is 0 Å². The zero-order valence-electron chi connectivity index (χ0n) is 16.9. The second-order valence-electron chi connectivity index (χ2n) is 7.82. The second-order valence-corrected chi connectivity index (χ2v) is 7.82. The second kappa shape index (κ2) is 11.4. The quantitative estimate of drug-likeness (QED) is 0.320. The number of benzene rings is 1. The Labute approximate surface area is 192 Å². The van der Waals surface area contributed by atoms with Crippen LogP contribution in [0.4, 0.5) is 18.9 Å². The van der Waals surface area contributed by atoms with E-state index in [1.807, 2.05) is 0 Å². The molecule has 1 aromatic carbocycles. The maximum atomic E-state index is 12.6. The first-order chi connectivity index (χ1) is 13.9. The normalized spacial score (nSPS) is 20.3. The fourth-order valence-corrected chi connectivity index (χ4v) is 4.12. The van der Waals surface area contributed by atoms with Crippen molar-refractivity contribution >= 4 is 35.6 Å². The third-order valence-corrected chi connectivity index (χ3v) is 5.54. The molecule has 170 valence electrons. The standard InChI is InChI=1S/C20H29F3N4O2.HI/c21-20(22,23)29-17-7-3-2-6-16(17)26-18(24)25-14-19(8-4-1-5-9-19)15-27-10-12-28-13-11-27;/h2-3,6-7H,1,4-5,8-15H2,(H3,24,25,26);1H. The summed E-state index contributed by atoms with van der Waals surface area (Å²) in [6.07, 6.45) is 0.938. The lowest BCUT2D eigenvalue weighted by molar-refractivity contribution is -0.274. The van der Waals surface area contributed by atoms with Gasteiger partial charge in [-0.05, 0) is 25.0 Å². The van der Waals surface area contributed by atoms with Crippen LogP contribution >= 0.6 is 24.0 Å². The molecule has 3 N–H and O–H groups in total. The molecule has 30 heavy (non-hydrogen) atoms. The topological polar surface area (TPSA) is 72.1 Å². The molecule has 0 bridgehead atoms. The number of morpholine rings is 1. The molecule has 0 radical (unpaired) electrons. The van der Waals surface area contributed by atoms with E-state index in [2.05, 4.69) is 19.9 Å². The van der Waals surface area contributed by atoms with Gasteiger partial charge in [0.25, 0.3) is 0 Å². The summed E-state index contributed by atoms with van der Waals surface area (Å²) in [5, 5.41) is 2.76. The Bertz CT molecular complexity index is 691. The van der Waals surface area contributed by atoms with Gasteiger partial charge in [0.05, 0.1) is 18.9 Å². The minimum absolute atomic E-state index is 0. The number of aliphatic imine (C=N–C) groups is 1. The number of ether oxygens (including phenoxy) is 2. The number of rotatable bonds is 6. The molecule has 2 aliphatic rings. The van der Waals surface area contributed by atoms with Crippen LogP contribution in [0.2, 0.25) is 0 Å². The number of para-hydroxylation sites is 2. The predicted molar refractivity (Wildman–Crippen MR) is 121 cm³/mol. The molecule has 0 atom stereocenters. The van der Waals surface area contributed by atoms with E-state index in [4.69, 9.17) is 10.5 Å². The largest absolute Gasteiger partial charge is 0.573 e. The van der Waals surface area contributed by atoms with Crippen molar-refractivity contribution in [2.24, 2.45) is 16.1 Å². The lowest BCUT2D eigenvalue weighted by atomic mass is 9.73. The summed E-state index contributed by atoms with van der Waals surface area (Å²) in [7, 11) is 0. The van der Waals surface area contributed by atoms with E-state index in [1.165, 1.54) is 24.6 Å². The maximum Gasteiger partial charge on any atom is 0.573 e. The number of guanidine groups is 1. The van der Waals surface area contributed by atoms with Gasteiger partial charge in [0.1, 0.15) is 0 Å². The smallest absolute Gasteiger partial charge is 0.404 e. The third kappa shape index (κ3) is 7.77. The van der Waals surface area contributed by atoms with Crippen LogP contribution in [0.15, 0.2) is 29.3 Å². The minimum atomic E-state index is -4.77. The van der Waals surface area contributed by atoms with Crippen LogP contribution in [0.3, 0.4) is 0 Å². The Kier molecular flexibility index (Phi) is 9.48. The molecule has 1 aliphatic carbocycles. The number of nitrogens with one attached hydrogen (secondary N) is 1. The van der Waals surface area contributed by atoms with Gasteiger partial charge in [-0.3, -0.25) is 9.89 Å². The number of hydrogen-bond acceptors (Lipinski definition) is 4. The van der Waals surface area contributed by atoms with E-state index >= 15 is 0 Å². The fraction of sp³-hybridized carbons (Fsp3) is 0.650. The summed E-state index contributed by atoms with van der Waals surface area (Å²) in [6.45, 7) is 4.83. The van der Waals surface area contributed by atoms with Crippen molar-refractivity contribution in [2.45, 2.75) is 38.5 Å². The van der Waals surface area contributed by atoms with Crippen molar-refractivity contribution < 1.29 is 22.6 Å². The van der Waals surface area contributed by atoms with Crippen LogP contribution in [0.1, 0.15) is 32.1 Å². The SMILES string of the molecule is I.NC(=NCC1(CN2CCOCC2)CCCCC1)Nc1ccccc1OC(F)(F)F. The van der Waals surface area contributed by atoms with E-state index in [9.17, 15) is 13.2 Å². The molecule has 3 rings (SSSR count). The molecule has 10 heteroatoms. The van der Waals surface area contributed by atoms with Crippen molar-refractivity contribution in [3.8, 4) is 5.75 Å². The van der Waals surface area contributed by atoms with Gasteiger partial charge in [0.15, 0.2) is 11.7 Å². The summed E-state index contributed by atoms with van der Waals surface area (Å²) in [5.74, 6) is -0.242. The summed E-state index contributed by atoms with van der Waals surface area (Å²) >= 11 is 0. The minimum Gasteiger partial charge on any atom is -0.404 e. The van der Waals surface area contributed by atoms with Crippen molar-refractivity contribution in [2.75, 3.05) is 44.7 Å². The number of anilines is 1. The summed E-state index contributed by atoms with van der Waals surface area (Å²) in [6, 6.07) is 5.80. The zero-order valence-corrected chi connectivity index (χ0v) is 19.2. The molecule has 0 aromatic heterocycles. The first-order valence-corrected chi connectivity index (χ1v) is 10.1. The lowest BCUT2D eigenvalue weighted by Crippen LogP contribution is -2.46. The summed E-state index contributed by atoms with van der Waals surface area (Å²) in [5.41, 5.74) is 6.20. The van der Waals surface area contributed by atoms with Crippen LogP contribution in [0.5, 0.6) is 5.75 Å². The third-order valence-electron chi connectivity index (χ3n) is 5.54.